The van der Waals surface area contributed by atoms with E-state index in [1.165, 1.54) is 24.3 Å². The molecule has 2 aromatic carbocycles. The number of rotatable bonds is 6. The molecule has 0 spiro atoms. The molecule has 0 unspecified atom stereocenters. The summed E-state index contributed by atoms with van der Waals surface area (Å²) in [6.07, 6.45) is 1.42. The number of aryl methyl sites for hydroxylation is 1. The average molecular weight is 365 g/mol. The first-order valence-electron chi connectivity index (χ1n) is 7.11. The molecule has 0 fully saturated rings. The minimum atomic E-state index is -3.82. The van der Waals surface area contributed by atoms with E-state index in [0.717, 1.165) is 5.56 Å². The third kappa shape index (κ3) is 4.44. The van der Waals surface area contributed by atoms with Crippen molar-refractivity contribution in [2.24, 2.45) is 0 Å². The molecule has 0 heterocycles. The summed E-state index contributed by atoms with van der Waals surface area (Å²) >= 11 is 5.97. The van der Waals surface area contributed by atoms with Crippen LogP contribution in [0.4, 0.5) is 5.69 Å². The normalized spacial score (nSPS) is 11.1. The maximum atomic E-state index is 12.3. The van der Waals surface area contributed by atoms with E-state index in [4.69, 9.17) is 11.6 Å². The number of sulfonamides is 1. The van der Waals surface area contributed by atoms with E-state index < -0.39 is 15.9 Å². The molecular weight excluding hydrogens is 348 g/mol. The highest BCUT2D eigenvalue weighted by atomic mass is 35.5. The molecule has 0 aliphatic heterocycles. The van der Waals surface area contributed by atoms with Gasteiger partial charge in [-0.05, 0) is 37.3 Å². The topological polar surface area (TPSA) is 75.3 Å². The summed E-state index contributed by atoms with van der Waals surface area (Å²) in [5, 5.41) is 2.75. The smallest absolute Gasteiger partial charge is 0.255 e. The van der Waals surface area contributed by atoms with Crippen molar-refractivity contribution in [3.8, 4) is 0 Å². The van der Waals surface area contributed by atoms with E-state index in [1.54, 1.807) is 12.1 Å². The van der Waals surface area contributed by atoms with Crippen molar-refractivity contribution >= 4 is 33.2 Å². The van der Waals surface area contributed by atoms with Crippen LogP contribution in [0.2, 0.25) is 5.02 Å². The number of carbonyl (C=O) groups is 1. The molecule has 0 saturated heterocycles. The van der Waals surface area contributed by atoms with Gasteiger partial charge in [0.15, 0.2) is 0 Å². The monoisotopic (exact) mass is 364 g/mol. The van der Waals surface area contributed by atoms with Gasteiger partial charge in [0.1, 0.15) is 4.90 Å². The maximum Gasteiger partial charge on any atom is 0.255 e. The molecule has 5 nitrogen and oxygen atoms in total. The summed E-state index contributed by atoms with van der Waals surface area (Å²) in [5.74, 6) is -0.421. The summed E-state index contributed by atoms with van der Waals surface area (Å²) in [6, 6.07) is 11.4. The van der Waals surface area contributed by atoms with E-state index in [-0.39, 0.29) is 22.0 Å². The number of anilines is 1. The number of nitrogens with one attached hydrogen (secondary N) is 2. The number of carbonyl (C=O) groups excluding carboxylic acids is 1. The highest BCUT2D eigenvalue weighted by molar-refractivity contribution is 7.89. The molecule has 0 radical (unpaired) electrons. The van der Waals surface area contributed by atoms with Gasteiger partial charge in [0.05, 0.1) is 5.02 Å². The van der Waals surface area contributed by atoms with Crippen LogP contribution in [-0.4, -0.2) is 20.9 Å². The minimum Gasteiger partial charge on any atom is -0.322 e. The van der Waals surface area contributed by atoms with Gasteiger partial charge in [-0.1, -0.05) is 35.4 Å². The Morgan fingerprint density at radius 2 is 1.88 bits per heavy atom. The van der Waals surface area contributed by atoms with Crippen molar-refractivity contribution in [2.75, 3.05) is 11.9 Å². The quantitative estimate of drug-likeness (QED) is 0.772. The number of hydrogen-bond acceptors (Lipinski definition) is 3. The lowest BCUT2D eigenvalue weighted by Crippen LogP contribution is -2.24. The average Bonchev–Trinajstić information content (AvgIpc) is 2.55. The van der Waals surface area contributed by atoms with Gasteiger partial charge in [-0.2, -0.15) is 0 Å². The Labute approximate surface area is 146 Å². The van der Waals surface area contributed by atoms with Gasteiger partial charge < -0.3 is 5.32 Å². The van der Waals surface area contributed by atoms with Crippen LogP contribution in [-0.2, 0) is 10.0 Å². The number of hydrogen-bond donors (Lipinski definition) is 2. The Morgan fingerprint density at radius 3 is 2.50 bits per heavy atom. The van der Waals surface area contributed by atoms with Gasteiger partial charge in [-0.15, -0.1) is 6.58 Å². The number of halogens is 1. The zero-order valence-corrected chi connectivity index (χ0v) is 14.6. The Balaban J connectivity index is 2.28. The number of amides is 1. The van der Waals surface area contributed by atoms with Crippen LogP contribution in [0.1, 0.15) is 15.9 Å². The molecule has 126 valence electrons. The molecule has 0 bridgehead atoms. The fourth-order valence-electron chi connectivity index (χ4n) is 1.94. The van der Waals surface area contributed by atoms with Gasteiger partial charge in [-0.25, -0.2) is 13.1 Å². The van der Waals surface area contributed by atoms with E-state index in [0.29, 0.717) is 5.69 Å². The molecule has 0 aromatic heterocycles. The largest absolute Gasteiger partial charge is 0.322 e. The van der Waals surface area contributed by atoms with Gasteiger partial charge in [0.2, 0.25) is 10.0 Å². The Bertz CT molecular complexity index is 862. The molecule has 0 atom stereocenters. The molecule has 2 N–H and O–H groups in total. The third-order valence-corrected chi connectivity index (χ3v) is 5.12. The van der Waals surface area contributed by atoms with Crippen LogP contribution in [0.5, 0.6) is 0 Å². The first-order valence-corrected chi connectivity index (χ1v) is 8.98. The van der Waals surface area contributed by atoms with Crippen molar-refractivity contribution < 1.29 is 13.2 Å². The Morgan fingerprint density at radius 1 is 1.21 bits per heavy atom. The summed E-state index contributed by atoms with van der Waals surface area (Å²) in [6.45, 7) is 5.47. The minimum absolute atomic E-state index is 0.0402. The molecule has 0 aliphatic rings. The summed E-state index contributed by atoms with van der Waals surface area (Å²) in [5.41, 5.74) is 1.88. The molecule has 0 aliphatic carbocycles. The van der Waals surface area contributed by atoms with Crippen LogP contribution < -0.4 is 10.0 Å². The third-order valence-electron chi connectivity index (χ3n) is 3.21. The fraction of sp³-hybridized carbons (Fsp3) is 0.118. The molecule has 0 saturated carbocycles. The summed E-state index contributed by atoms with van der Waals surface area (Å²) in [7, 11) is -3.82. The van der Waals surface area contributed by atoms with E-state index in [2.05, 4.69) is 16.6 Å². The van der Waals surface area contributed by atoms with Crippen LogP contribution in [0, 0.1) is 6.92 Å². The fourth-order valence-corrected chi connectivity index (χ4v) is 3.46. The highest BCUT2D eigenvalue weighted by Gasteiger charge is 2.19. The second-order valence-corrected chi connectivity index (χ2v) is 7.25. The lowest BCUT2D eigenvalue weighted by atomic mass is 10.2. The Kier molecular flexibility index (Phi) is 5.77. The van der Waals surface area contributed by atoms with Crippen molar-refractivity contribution in [3.05, 3.63) is 71.3 Å². The highest BCUT2D eigenvalue weighted by Crippen LogP contribution is 2.23. The van der Waals surface area contributed by atoms with Gasteiger partial charge >= 0.3 is 0 Å². The van der Waals surface area contributed by atoms with Gasteiger partial charge in [-0.3, -0.25) is 4.79 Å². The summed E-state index contributed by atoms with van der Waals surface area (Å²) in [4.78, 5) is 12.2. The van der Waals surface area contributed by atoms with Gasteiger partial charge in [0.25, 0.3) is 5.91 Å². The lowest BCUT2D eigenvalue weighted by Gasteiger charge is -2.10. The second-order valence-electron chi connectivity index (χ2n) is 5.11. The van der Waals surface area contributed by atoms with Crippen molar-refractivity contribution in [1.29, 1.82) is 0 Å². The van der Waals surface area contributed by atoms with Gasteiger partial charge in [0, 0.05) is 17.8 Å². The molecular formula is C17H17ClN2O3S. The van der Waals surface area contributed by atoms with Crippen molar-refractivity contribution in [2.45, 2.75) is 11.8 Å². The molecule has 24 heavy (non-hydrogen) atoms. The van der Waals surface area contributed by atoms with E-state index in [9.17, 15) is 13.2 Å². The number of benzene rings is 2. The van der Waals surface area contributed by atoms with E-state index >= 15 is 0 Å². The van der Waals surface area contributed by atoms with Crippen molar-refractivity contribution in [1.82, 2.24) is 4.72 Å². The molecule has 7 heteroatoms. The summed E-state index contributed by atoms with van der Waals surface area (Å²) < 4.78 is 26.7. The maximum absolute atomic E-state index is 12.3. The first kappa shape index (κ1) is 18.2. The molecule has 1 amide bonds. The van der Waals surface area contributed by atoms with Crippen LogP contribution >= 0.6 is 11.6 Å². The standard InChI is InChI=1S/C17H17ClN2O3S/c1-3-10-19-24(22,23)16-11-13(6-9-15(16)18)17(21)20-14-7-4-12(2)5-8-14/h3-9,11,19H,1,10H2,2H3,(H,20,21). The lowest BCUT2D eigenvalue weighted by molar-refractivity contribution is 0.102. The van der Waals surface area contributed by atoms with Crippen LogP contribution in [0.25, 0.3) is 0 Å². The van der Waals surface area contributed by atoms with E-state index in [1.807, 2.05) is 19.1 Å². The van der Waals surface area contributed by atoms with Crippen molar-refractivity contribution in [3.63, 3.8) is 0 Å². The predicted molar refractivity (Wildman–Crippen MR) is 96.0 cm³/mol. The predicted octanol–water partition coefficient (Wildman–Crippen LogP) is 3.37. The molecule has 2 rings (SSSR count). The SMILES string of the molecule is C=CCNS(=O)(=O)c1cc(C(=O)Nc2ccc(C)cc2)ccc1Cl. The van der Waals surface area contributed by atoms with Crippen LogP contribution in [0.15, 0.2) is 60.0 Å². The zero-order valence-electron chi connectivity index (χ0n) is 13.0. The first-order chi connectivity index (χ1) is 11.3. The Hall–Kier alpha value is -2.15. The second kappa shape index (κ2) is 7.61. The molecule has 2 aromatic rings. The zero-order chi connectivity index (χ0) is 17.7. The van der Waals surface area contributed by atoms with Crippen LogP contribution in [0.3, 0.4) is 0 Å².